The van der Waals surface area contributed by atoms with Crippen molar-refractivity contribution >= 4 is 17.4 Å². The summed E-state index contributed by atoms with van der Waals surface area (Å²) < 4.78 is 3.91. The lowest BCUT2D eigenvalue weighted by Crippen LogP contribution is -2.00. The van der Waals surface area contributed by atoms with Gasteiger partial charge in [-0.1, -0.05) is 65.9 Å². The van der Waals surface area contributed by atoms with Crippen LogP contribution in [0.3, 0.4) is 0 Å². The molecule has 3 heterocycles. The number of pyridine rings is 1. The Hall–Kier alpha value is -3.45. The molecule has 0 fully saturated rings. The molecule has 0 N–H and O–H groups in total. The third kappa shape index (κ3) is 3.40. The quantitative estimate of drug-likeness (QED) is 0.406. The molecule has 3 aromatic heterocycles. The first kappa shape index (κ1) is 17.6. The summed E-state index contributed by atoms with van der Waals surface area (Å²) >= 11 is 1.60. The van der Waals surface area contributed by atoms with Crippen molar-refractivity contribution in [3.05, 3.63) is 90.3 Å². The van der Waals surface area contributed by atoms with Crippen molar-refractivity contribution in [2.45, 2.75) is 17.8 Å². The number of fused-ring (bicyclic) bond motifs is 1. The van der Waals surface area contributed by atoms with Crippen LogP contribution in [0, 0.1) is 6.92 Å². The fourth-order valence-electron chi connectivity index (χ4n) is 3.26. The van der Waals surface area contributed by atoms with Gasteiger partial charge in [-0.05, 0) is 41.6 Å². The van der Waals surface area contributed by atoms with Gasteiger partial charge in [0.05, 0.1) is 17.1 Å². The lowest BCUT2D eigenvalue weighted by molar-refractivity contribution is 0.756. The summed E-state index contributed by atoms with van der Waals surface area (Å²) in [4.78, 5) is 4.86. The molecule has 0 aliphatic carbocycles. The van der Waals surface area contributed by atoms with E-state index in [4.69, 9.17) is 4.98 Å². The number of aromatic nitrogens is 6. The van der Waals surface area contributed by atoms with Crippen LogP contribution in [0.15, 0.2) is 84.1 Å². The van der Waals surface area contributed by atoms with E-state index in [1.807, 2.05) is 54.7 Å². The Balaban J connectivity index is 1.51. The van der Waals surface area contributed by atoms with Crippen LogP contribution in [0.5, 0.6) is 0 Å². The number of tetrazole rings is 1. The number of hydrogen-bond acceptors (Lipinski definition) is 5. The SMILES string of the molecule is Cc1ccc(-n2nnnc2SCc2c(-c3ccccc3)nc3ccccn23)cc1. The molecule has 0 unspecified atom stereocenters. The monoisotopic (exact) mass is 398 g/mol. The Labute approximate surface area is 172 Å². The van der Waals surface area contributed by atoms with Gasteiger partial charge in [-0.15, -0.1) is 5.10 Å². The number of benzene rings is 2. The highest BCUT2D eigenvalue weighted by atomic mass is 32.2. The lowest BCUT2D eigenvalue weighted by atomic mass is 10.1. The number of rotatable bonds is 5. The Morgan fingerprint density at radius 2 is 1.69 bits per heavy atom. The topological polar surface area (TPSA) is 60.9 Å². The zero-order valence-electron chi connectivity index (χ0n) is 15.8. The van der Waals surface area contributed by atoms with E-state index in [1.165, 1.54) is 5.56 Å². The van der Waals surface area contributed by atoms with Crippen molar-refractivity contribution < 1.29 is 0 Å². The summed E-state index contributed by atoms with van der Waals surface area (Å²) in [6, 6.07) is 24.5. The van der Waals surface area contributed by atoms with Crippen LogP contribution in [0.4, 0.5) is 0 Å². The second-order valence-electron chi connectivity index (χ2n) is 6.70. The lowest BCUT2D eigenvalue weighted by Gasteiger charge is -2.07. The maximum atomic E-state index is 4.86. The predicted molar refractivity (Wildman–Crippen MR) is 114 cm³/mol. The average Bonchev–Trinajstić information content (AvgIpc) is 3.38. The first-order valence-corrected chi connectivity index (χ1v) is 10.3. The molecule has 6 nitrogen and oxygen atoms in total. The van der Waals surface area contributed by atoms with Crippen LogP contribution >= 0.6 is 11.8 Å². The predicted octanol–water partition coefficient (Wildman–Crippen LogP) is 4.58. The largest absolute Gasteiger partial charge is 0.303 e. The van der Waals surface area contributed by atoms with Crippen LogP contribution in [0.1, 0.15) is 11.3 Å². The Morgan fingerprint density at radius 1 is 0.897 bits per heavy atom. The highest BCUT2D eigenvalue weighted by molar-refractivity contribution is 7.98. The molecule has 0 aliphatic rings. The molecular weight excluding hydrogens is 380 g/mol. The third-order valence-corrected chi connectivity index (χ3v) is 5.66. The average molecular weight is 398 g/mol. The Morgan fingerprint density at radius 3 is 2.52 bits per heavy atom. The van der Waals surface area contributed by atoms with Gasteiger partial charge in [-0.3, -0.25) is 0 Å². The second-order valence-corrected chi connectivity index (χ2v) is 7.64. The van der Waals surface area contributed by atoms with Crippen LogP contribution in [-0.4, -0.2) is 29.6 Å². The normalized spacial score (nSPS) is 11.2. The van der Waals surface area contributed by atoms with Crippen molar-refractivity contribution in [1.29, 1.82) is 0 Å². The Bertz CT molecular complexity index is 1260. The molecule has 0 atom stereocenters. The van der Waals surface area contributed by atoms with Crippen molar-refractivity contribution in [3.8, 4) is 16.9 Å². The van der Waals surface area contributed by atoms with E-state index in [0.717, 1.165) is 33.4 Å². The molecule has 0 aliphatic heterocycles. The van der Waals surface area contributed by atoms with E-state index >= 15 is 0 Å². The van der Waals surface area contributed by atoms with E-state index in [1.54, 1.807) is 16.4 Å². The zero-order valence-corrected chi connectivity index (χ0v) is 16.6. The number of nitrogens with zero attached hydrogens (tertiary/aromatic N) is 6. The van der Waals surface area contributed by atoms with Crippen LogP contribution in [-0.2, 0) is 5.75 Å². The van der Waals surface area contributed by atoms with Crippen LogP contribution < -0.4 is 0 Å². The fourth-order valence-corrected chi connectivity index (χ4v) is 4.16. The molecule has 7 heteroatoms. The summed E-state index contributed by atoms with van der Waals surface area (Å²) in [5.41, 5.74) is 6.29. The van der Waals surface area contributed by atoms with Crippen molar-refractivity contribution in [1.82, 2.24) is 29.6 Å². The number of imidazole rings is 1. The van der Waals surface area contributed by atoms with E-state index in [2.05, 4.69) is 51.1 Å². The maximum Gasteiger partial charge on any atom is 0.214 e. The molecule has 0 saturated carbocycles. The molecule has 0 radical (unpaired) electrons. The molecule has 0 saturated heterocycles. The minimum Gasteiger partial charge on any atom is -0.303 e. The van der Waals surface area contributed by atoms with Gasteiger partial charge in [0.1, 0.15) is 5.65 Å². The smallest absolute Gasteiger partial charge is 0.214 e. The molecule has 5 rings (SSSR count). The fraction of sp³-hybridized carbons (Fsp3) is 0.0909. The van der Waals surface area contributed by atoms with Crippen molar-refractivity contribution in [2.75, 3.05) is 0 Å². The minimum atomic E-state index is 0.696. The third-order valence-electron chi connectivity index (χ3n) is 4.73. The first-order valence-electron chi connectivity index (χ1n) is 9.29. The first-order chi connectivity index (χ1) is 14.3. The molecule has 142 valence electrons. The summed E-state index contributed by atoms with van der Waals surface area (Å²) in [6.45, 7) is 2.06. The highest BCUT2D eigenvalue weighted by Gasteiger charge is 2.16. The van der Waals surface area contributed by atoms with Gasteiger partial charge in [0.25, 0.3) is 0 Å². The molecule has 0 bridgehead atoms. The molecule has 0 spiro atoms. The number of hydrogen-bond donors (Lipinski definition) is 0. The molecule has 5 aromatic rings. The van der Waals surface area contributed by atoms with Gasteiger partial charge >= 0.3 is 0 Å². The van der Waals surface area contributed by atoms with E-state index in [-0.39, 0.29) is 0 Å². The molecule has 29 heavy (non-hydrogen) atoms. The maximum absolute atomic E-state index is 4.86. The summed E-state index contributed by atoms with van der Waals surface area (Å²) in [5, 5.41) is 13.0. The number of thioether (sulfide) groups is 1. The Kier molecular flexibility index (Phi) is 4.57. The van der Waals surface area contributed by atoms with Crippen molar-refractivity contribution in [2.24, 2.45) is 0 Å². The van der Waals surface area contributed by atoms with Gasteiger partial charge in [-0.2, -0.15) is 4.68 Å². The summed E-state index contributed by atoms with van der Waals surface area (Å²) in [7, 11) is 0. The second kappa shape index (κ2) is 7.52. The van der Waals surface area contributed by atoms with Gasteiger partial charge in [0.2, 0.25) is 5.16 Å². The van der Waals surface area contributed by atoms with E-state index in [0.29, 0.717) is 5.75 Å². The van der Waals surface area contributed by atoms with Gasteiger partial charge < -0.3 is 4.40 Å². The van der Waals surface area contributed by atoms with E-state index in [9.17, 15) is 0 Å². The molecule has 0 amide bonds. The van der Waals surface area contributed by atoms with Crippen molar-refractivity contribution in [3.63, 3.8) is 0 Å². The summed E-state index contributed by atoms with van der Waals surface area (Å²) in [5.74, 6) is 0.696. The zero-order chi connectivity index (χ0) is 19.6. The number of aryl methyl sites for hydroxylation is 1. The van der Waals surface area contributed by atoms with Gasteiger partial charge in [0.15, 0.2) is 0 Å². The highest BCUT2D eigenvalue weighted by Crippen LogP contribution is 2.30. The van der Waals surface area contributed by atoms with Gasteiger partial charge in [-0.25, -0.2) is 4.98 Å². The van der Waals surface area contributed by atoms with E-state index < -0.39 is 0 Å². The standard InChI is InChI=1S/C22H18N6S/c1-16-10-12-18(13-11-16)28-22(24-25-26-28)29-15-19-21(17-7-3-2-4-8-17)23-20-9-5-6-14-27(19)20/h2-14H,15H2,1H3. The van der Waals surface area contributed by atoms with Crippen LogP contribution in [0.2, 0.25) is 0 Å². The summed E-state index contributed by atoms with van der Waals surface area (Å²) in [6.07, 6.45) is 2.05. The minimum absolute atomic E-state index is 0.696. The molecular formula is C22H18N6S. The van der Waals surface area contributed by atoms with Crippen LogP contribution in [0.25, 0.3) is 22.6 Å². The molecule has 2 aromatic carbocycles. The van der Waals surface area contributed by atoms with Gasteiger partial charge in [0, 0.05) is 17.5 Å².